The minimum Gasteiger partial charge on any atom is -0.481 e. The molecule has 1 amide bonds. The SMILES string of the molecule is CCCN(CC1CC1)C(=O)C(C)Oc1ccc(F)c(F)c1. The molecule has 1 aliphatic carbocycles. The van der Waals surface area contributed by atoms with Gasteiger partial charge in [-0.1, -0.05) is 6.92 Å². The van der Waals surface area contributed by atoms with Gasteiger partial charge in [0.15, 0.2) is 17.7 Å². The van der Waals surface area contributed by atoms with Crippen LogP contribution in [0.2, 0.25) is 0 Å². The minimum atomic E-state index is -0.976. The van der Waals surface area contributed by atoms with Gasteiger partial charge in [-0.3, -0.25) is 4.79 Å². The van der Waals surface area contributed by atoms with Crippen molar-refractivity contribution in [2.75, 3.05) is 13.1 Å². The maximum Gasteiger partial charge on any atom is 0.263 e. The van der Waals surface area contributed by atoms with Gasteiger partial charge in [0, 0.05) is 19.2 Å². The van der Waals surface area contributed by atoms with Gasteiger partial charge in [-0.2, -0.15) is 0 Å². The molecule has 1 aromatic rings. The number of hydrogen-bond acceptors (Lipinski definition) is 2. The van der Waals surface area contributed by atoms with Crippen LogP contribution in [0.3, 0.4) is 0 Å². The number of nitrogens with zero attached hydrogens (tertiary/aromatic N) is 1. The van der Waals surface area contributed by atoms with E-state index in [-0.39, 0.29) is 11.7 Å². The lowest BCUT2D eigenvalue weighted by molar-refractivity contribution is -0.138. The number of amides is 1. The van der Waals surface area contributed by atoms with E-state index in [0.29, 0.717) is 12.5 Å². The van der Waals surface area contributed by atoms with E-state index in [1.54, 1.807) is 6.92 Å². The summed E-state index contributed by atoms with van der Waals surface area (Å²) in [5, 5.41) is 0. The Balaban J connectivity index is 1.97. The predicted molar refractivity (Wildman–Crippen MR) is 76.0 cm³/mol. The summed E-state index contributed by atoms with van der Waals surface area (Å²) in [6, 6.07) is 3.28. The first kappa shape index (κ1) is 15.7. The van der Waals surface area contributed by atoms with Crippen molar-refractivity contribution in [3.63, 3.8) is 0 Å². The Bertz CT molecular complexity index is 503. The van der Waals surface area contributed by atoms with Crippen LogP contribution in [0.15, 0.2) is 18.2 Å². The van der Waals surface area contributed by atoms with Crippen LogP contribution in [-0.2, 0) is 4.79 Å². The molecule has 0 heterocycles. The third-order valence-electron chi connectivity index (χ3n) is 3.53. The molecule has 116 valence electrons. The molecule has 1 fully saturated rings. The van der Waals surface area contributed by atoms with E-state index >= 15 is 0 Å². The topological polar surface area (TPSA) is 29.5 Å². The second kappa shape index (κ2) is 6.87. The van der Waals surface area contributed by atoms with Crippen LogP contribution in [0.1, 0.15) is 33.1 Å². The normalized spacial score (nSPS) is 15.6. The standard InChI is InChI=1S/C16H21F2NO2/c1-3-8-19(10-12-4-5-12)16(20)11(2)21-13-6-7-14(17)15(18)9-13/h6-7,9,11-12H,3-5,8,10H2,1-2H3. The maximum absolute atomic E-state index is 13.1. The van der Waals surface area contributed by atoms with Crippen molar-refractivity contribution in [1.29, 1.82) is 0 Å². The van der Waals surface area contributed by atoms with Crippen LogP contribution in [0, 0.1) is 17.6 Å². The number of carbonyl (C=O) groups is 1. The molecular formula is C16H21F2NO2. The summed E-state index contributed by atoms with van der Waals surface area (Å²) < 4.78 is 31.5. The van der Waals surface area contributed by atoms with Crippen molar-refractivity contribution >= 4 is 5.91 Å². The van der Waals surface area contributed by atoms with Crippen LogP contribution in [0.25, 0.3) is 0 Å². The molecule has 3 nitrogen and oxygen atoms in total. The third-order valence-corrected chi connectivity index (χ3v) is 3.53. The van der Waals surface area contributed by atoms with Crippen molar-refractivity contribution in [2.24, 2.45) is 5.92 Å². The van der Waals surface area contributed by atoms with E-state index in [2.05, 4.69) is 0 Å². The van der Waals surface area contributed by atoms with Gasteiger partial charge in [-0.05, 0) is 44.2 Å². The molecule has 21 heavy (non-hydrogen) atoms. The molecule has 0 bridgehead atoms. The fourth-order valence-electron chi connectivity index (χ4n) is 2.24. The van der Waals surface area contributed by atoms with Gasteiger partial charge in [0.05, 0.1) is 0 Å². The molecule has 0 N–H and O–H groups in total. The molecule has 0 aromatic heterocycles. The molecule has 0 radical (unpaired) electrons. The Kier molecular flexibility index (Phi) is 5.15. The van der Waals surface area contributed by atoms with Gasteiger partial charge in [0.25, 0.3) is 5.91 Å². The average Bonchev–Trinajstić information content (AvgIpc) is 3.25. The number of rotatable bonds is 7. The monoisotopic (exact) mass is 297 g/mol. The quantitative estimate of drug-likeness (QED) is 0.772. The third kappa shape index (κ3) is 4.41. The summed E-state index contributed by atoms with van der Waals surface area (Å²) in [4.78, 5) is 14.2. The van der Waals surface area contributed by atoms with Gasteiger partial charge in [0.2, 0.25) is 0 Å². The summed E-state index contributed by atoms with van der Waals surface area (Å²) in [5.41, 5.74) is 0. The number of halogens is 2. The van der Waals surface area contributed by atoms with E-state index in [0.717, 1.165) is 25.1 Å². The highest BCUT2D eigenvalue weighted by molar-refractivity contribution is 5.81. The van der Waals surface area contributed by atoms with E-state index in [1.165, 1.54) is 18.9 Å². The predicted octanol–water partition coefficient (Wildman–Crippen LogP) is 3.38. The van der Waals surface area contributed by atoms with Crippen LogP contribution in [0.4, 0.5) is 8.78 Å². The molecule has 5 heteroatoms. The smallest absolute Gasteiger partial charge is 0.263 e. The first-order chi connectivity index (χ1) is 10.0. The second-order valence-electron chi connectivity index (χ2n) is 5.56. The van der Waals surface area contributed by atoms with E-state index in [4.69, 9.17) is 4.74 Å². The van der Waals surface area contributed by atoms with Crippen molar-refractivity contribution in [3.8, 4) is 5.75 Å². The summed E-state index contributed by atoms with van der Waals surface area (Å²) in [5.74, 6) is -1.24. The molecule has 0 saturated heterocycles. The van der Waals surface area contributed by atoms with Gasteiger partial charge in [-0.25, -0.2) is 8.78 Å². The fraction of sp³-hybridized carbons (Fsp3) is 0.562. The summed E-state index contributed by atoms with van der Waals surface area (Å²) in [7, 11) is 0. The average molecular weight is 297 g/mol. The molecule has 1 aliphatic rings. The first-order valence-corrected chi connectivity index (χ1v) is 7.41. The van der Waals surface area contributed by atoms with Gasteiger partial charge in [0.1, 0.15) is 5.75 Å². The molecule has 1 unspecified atom stereocenters. The zero-order chi connectivity index (χ0) is 15.4. The zero-order valence-electron chi connectivity index (χ0n) is 12.4. The zero-order valence-corrected chi connectivity index (χ0v) is 12.4. The van der Waals surface area contributed by atoms with Gasteiger partial charge >= 0.3 is 0 Å². The van der Waals surface area contributed by atoms with Crippen LogP contribution < -0.4 is 4.74 Å². The Hall–Kier alpha value is -1.65. The van der Waals surface area contributed by atoms with Crippen molar-refractivity contribution < 1.29 is 18.3 Å². The molecule has 0 aliphatic heterocycles. The Morgan fingerprint density at radius 2 is 2.10 bits per heavy atom. The van der Waals surface area contributed by atoms with Gasteiger partial charge in [-0.15, -0.1) is 0 Å². The van der Waals surface area contributed by atoms with Gasteiger partial charge < -0.3 is 9.64 Å². The van der Waals surface area contributed by atoms with E-state index in [9.17, 15) is 13.6 Å². The van der Waals surface area contributed by atoms with Crippen molar-refractivity contribution in [1.82, 2.24) is 4.90 Å². The number of benzene rings is 1. The minimum absolute atomic E-state index is 0.103. The first-order valence-electron chi connectivity index (χ1n) is 7.41. The summed E-state index contributed by atoms with van der Waals surface area (Å²) >= 11 is 0. The molecule has 1 atom stereocenters. The highest BCUT2D eigenvalue weighted by atomic mass is 19.2. The number of carbonyl (C=O) groups excluding carboxylic acids is 1. The van der Waals surface area contributed by atoms with Crippen molar-refractivity contribution in [2.45, 2.75) is 39.2 Å². The summed E-state index contributed by atoms with van der Waals surface area (Å²) in [6.07, 6.45) is 2.52. The second-order valence-corrected chi connectivity index (χ2v) is 5.56. The Morgan fingerprint density at radius 1 is 1.38 bits per heavy atom. The van der Waals surface area contributed by atoms with Crippen LogP contribution >= 0.6 is 0 Å². The van der Waals surface area contributed by atoms with Crippen molar-refractivity contribution in [3.05, 3.63) is 29.8 Å². The van der Waals surface area contributed by atoms with E-state index in [1.807, 2.05) is 11.8 Å². The lowest BCUT2D eigenvalue weighted by Gasteiger charge is -2.25. The maximum atomic E-state index is 13.1. The van der Waals surface area contributed by atoms with Crippen LogP contribution in [0.5, 0.6) is 5.75 Å². The highest BCUT2D eigenvalue weighted by Crippen LogP contribution is 2.30. The van der Waals surface area contributed by atoms with E-state index < -0.39 is 17.7 Å². The Morgan fingerprint density at radius 3 is 2.67 bits per heavy atom. The lowest BCUT2D eigenvalue weighted by Crippen LogP contribution is -2.42. The van der Waals surface area contributed by atoms with Crippen LogP contribution in [-0.4, -0.2) is 30.0 Å². The molecular weight excluding hydrogens is 276 g/mol. The number of hydrogen-bond donors (Lipinski definition) is 0. The molecule has 2 rings (SSSR count). The molecule has 1 saturated carbocycles. The molecule has 1 aromatic carbocycles. The largest absolute Gasteiger partial charge is 0.481 e. The number of ether oxygens (including phenoxy) is 1. The highest BCUT2D eigenvalue weighted by Gasteiger charge is 2.29. The molecule has 0 spiro atoms. The Labute approximate surface area is 123 Å². The fourth-order valence-corrected chi connectivity index (χ4v) is 2.24. The summed E-state index contributed by atoms with van der Waals surface area (Å²) in [6.45, 7) is 5.12. The lowest BCUT2D eigenvalue weighted by atomic mass is 10.2.